The standard InChI is InChI=1S/C23H31NO2/c1-15-9-10-20(26-8)19(11-15)24-14-16-12-17(22(2,3)4)13-18(21(16)25)23(5,6)7/h9-14,25H,1-8H3. The summed E-state index contributed by atoms with van der Waals surface area (Å²) in [7, 11) is 1.64. The van der Waals surface area contributed by atoms with Crippen molar-refractivity contribution in [2.24, 2.45) is 4.99 Å². The molecule has 2 aromatic carbocycles. The highest BCUT2D eigenvalue weighted by molar-refractivity contribution is 5.87. The molecule has 0 heterocycles. The van der Waals surface area contributed by atoms with Gasteiger partial charge < -0.3 is 9.84 Å². The Balaban J connectivity index is 2.61. The number of hydrogen-bond acceptors (Lipinski definition) is 3. The minimum absolute atomic E-state index is 0.0166. The van der Waals surface area contributed by atoms with Crippen molar-refractivity contribution in [2.45, 2.75) is 59.3 Å². The van der Waals surface area contributed by atoms with Gasteiger partial charge in [-0.3, -0.25) is 4.99 Å². The number of phenolic OH excluding ortho intramolecular Hbond substituents is 1. The number of rotatable bonds is 3. The Kier molecular flexibility index (Phi) is 5.50. The van der Waals surface area contributed by atoms with Crippen molar-refractivity contribution in [3.8, 4) is 11.5 Å². The van der Waals surface area contributed by atoms with E-state index in [2.05, 4.69) is 52.6 Å². The molecule has 0 amide bonds. The predicted molar refractivity (Wildman–Crippen MR) is 110 cm³/mol. The Morgan fingerprint density at radius 3 is 2.15 bits per heavy atom. The van der Waals surface area contributed by atoms with E-state index in [0.717, 1.165) is 28.1 Å². The largest absolute Gasteiger partial charge is 0.507 e. The summed E-state index contributed by atoms with van der Waals surface area (Å²) in [6.45, 7) is 14.9. The molecule has 0 saturated carbocycles. The first-order valence-electron chi connectivity index (χ1n) is 9.00. The monoisotopic (exact) mass is 353 g/mol. The zero-order valence-electron chi connectivity index (χ0n) is 17.3. The number of ether oxygens (including phenoxy) is 1. The third kappa shape index (κ3) is 4.46. The quantitative estimate of drug-likeness (QED) is 0.682. The molecule has 140 valence electrons. The fraction of sp³-hybridized carbons (Fsp3) is 0.435. The lowest BCUT2D eigenvalue weighted by Gasteiger charge is -2.27. The fourth-order valence-corrected chi connectivity index (χ4v) is 2.80. The van der Waals surface area contributed by atoms with E-state index in [-0.39, 0.29) is 10.8 Å². The minimum atomic E-state index is -0.158. The summed E-state index contributed by atoms with van der Waals surface area (Å²) in [5.41, 5.74) is 4.53. The second kappa shape index (κ2) is 7.14. The van der Waals surface area contributed by atoms with Crippen molar-refractivity contribution < 1.29 is 9.84 Å². The average molecular weight is 354 g/mol. The summed E-state index contributed by atoms with van der Waals surface area (Å²) in [6, 6.07) is 10.0. The predicted octanol–water partition coefficient (Wildman–Crippen LogP) is 6.05. The molecule has 0 saturated heterocycles. The van der Waals surface area contributed by atoms with Gasteiger partial charge in [0.2, 0.25) is 0 Å². The molecule has 0 aliphatic rings. The van der Waals surface area contributed by atoms with Gasteiger partial charge in [-0.05, 0) is 47.1 Å². The van der Waals surface area contributed by atoms with Crippen LogP contribution in [0, 0.1) is 6.92 Å². The zero-order valence-corrected chi connectivity index (χ0v) is 17.3. The van der Waals surface area contributed by atoms with Crippen molar-refractivity contribution in [3.05, 3.63) is 52.6 Å². The fourth-order valence-electron chi connectivity index (χ4n) is 2.80. The van der Waals surface area contributed by atoms with Crippen LogP contribution < -0.4 is 4.74 Å². The minimum Gasteiger partial charge on any atom is -0.507 e. The molecule has 0 aliphatic carbocycles. The second-order valence-corrected chi connectivity index (χ2v) is 8.90. The normalized spacial score (nSPS) is 12.6. The molecule has 2 rings (SSSR count). The van der Waals surface area contributed by atoms with Crippen LogP contribution in [-0.2, 0) is 10.8 Å². The number of aryl methyl sites for hydroxylation is 1. The van der Waals surface area contributed by atoms with Gasteiger partial charge in [0, 0.05) is 17.3 Å². The highest BCUT2D eigenvalue weighted by Gasteiger charge is 2.24. The highest BCUT2D eigenvalue weighted by Crippen LogP contribution is 2.37. The van der Waals surface area contributed by atoms with Crippen LogP contribution >= 0.6 is 0 Å². The Hall–Kier alpha value is -2.29. The van der Waals surface area contributed by atoms with Crippen LogP contribution in [0.1, 0.15) is 63.8 Å². The molecule has 0 unspecified atom stereocenters. The summed E-state index contributed by atoms with van der Waals surface area (Å²) >= 11 is 0. The van der Waals surface area contributed by atoms with Crippen molar-refractivity contribution in [2.75, 3.05) is 7.11 Å². The van der Waals surface area contributed by atoms with Crippen LogP contribution in [-0.4, -0.2) is 18.4 Å². The van der Waals surface area contributed by atoms with E-state index in [9.17, 15) is 5.11 Å². The van der Waals surface area contributed by atoms with E-state index >= 15 is 0 Å². The molecule has 0 spiro atoms. The maximum Gasteiger partial charge on any atom is 0.144 e. The Bertz CT molecular complexity index is 821. The lowest BCUT2D eigenvalue weighted by Crippen LogP contribution is -2.17. The Labute approximate surface area is 157 Å². The number of methoxy groups -OCH3 is 1. The van der Waals surface area contributed by atoms with E-state index in [0.29, 0.717) is 5.75 Å². The van der Waals surface area contributed by atoms with E-state index in [1.54, 1.807) is 13.3 Å². The summed E-state index contributed by atoms with van der Waals surface area (Å²) in [4.78, 5) is 4.61. The first-order valence-corrected chi connectivity index (χ1v) is 9.00. The van der Waals surface area contributed by atoms with E-state index in [1.165, 1.54) is 5.56 Å². The molecule has 0 aliphatic heterocycles. The SMILES string of the molecule is COc1ccc(C)cc1N=Cc1cc(C(C)(C)C)cc(C(C)(C)C)c1O. The molecule has 0 aromatic heterocycles. The smallest absolute Gasteiger partial charge is 0.144 e. The molecule has 3 nitrogen and oxygen atoms in total. The summed E-state index contributed by atoms with van der Waals surface area (Å²) in [5, 5.41) is 10.9. The molecular formula is C23H31NO2. The lowest BCUT2D eigenvalue weighted by atomic mass is 9.79. The molecule has 26 heavy (non-hydrogen) atoms. The number of phenols is 1. The first-order chi connectivity index (χ1) is 11.9. The van der Waals surface area contributed by atoms with Crippen LogP contribution in [0.25, 0.3) is 0 Å². The van der Waals surface area contributed by atoms with Crippen LogP contribution in [0.2, 0.25) is 0 Å². The van der Waals surface area contributed by atoms with Gasteiger partial charge in [-0.2, -0.15) is 0 Å². The average Bonchev–Trinajstić information content (AvgIpc) is 2.51. The molecular weight excluding hydrogens is 322 g/mol. The van der Waals surface area contributed by atoms with Crippen molar-refractivity contribution >= 4 is 11.9 Å². The number of benzene rings is 2. The Morgan fingerprint density at radius 1 is 0.962 bits per heavy atom. The van der Waals surface area contributed by atoms with Crippen LogP contribution in [0.5, 0.6) is 11.5 Å². The maximum atomic E-state index is 10.9. The van der Waals surface area contributed by atoms with Crippen LogP contribution in [0.3, 0.4) is 0 Å². The van der Waals surface area contributed by atoms with Gasteiger partial charge in [0.1, 0.15) is 17.2 Å². The van der Waals surface area contributed by atoms with Gasteiger partial charge >= 0.3 is 0 Å². The van der Waals surface area contributed by atoms with Crippen LogP contribution in [0.15, 0.2) is 35.3 Å². The molecule has 2 aromatic rings. The molecule has 0 radical (unpaired) electrons. The lowest BCUT2D eigenvalue weighted by molar-refractivity contribution is 0.416. The summed E-state index contributed by atoms with van der Waals surface area (Å²) in [6.07, 6.45) is 1.73. The Morgan fingerprint density at radius 2 is 1.62 bits per heavy atom. The van der Waals surface area contributed by atoms with Gasteiger partial charge in [-0.15, -0.1) is 0 Å². The molecule has 0 bridgehead atoms. The summed E-state index contributed by atoms with van der Waals surface area (Å²) in [5.74, 6) is 1.01. The van der Waals surface area contributed by atoms with Crippen molar-refractivity contribution in [3.63, 3.8) is 0 Å². The third-order valence-corrected chi connectivity index (χ3v) is 4.49. The van der Waals surface area contributed by atoms with E-state index in [1.807, 2.05) is 31.2 Å². The second-order valence-electron chi connectivity index (χ2n) is 8.90. The van der Waals surface area contributed by atoms with Gasteiger partial charge in [0.25, 0.3) is 0 Å². The van der Waals surface area contributed by atoms with Crippen molar-refractivity contribution in [1.29, 1.82) is 0 Å². The summed E-state index contributed by atoms with van der Waals surface area (Å²) < 4.78 is 5.40. The molecule has 1 N–H and O–H groups in total. The van der Waals surface area contributed by atoms with E-state index in [4.69, 9.17) is 4.74 Å². The van der Waals surface area contributed by atoms with Gasteiger partial charge in [0.05, 0.1) is 7.11 Å². The third-order valence-electron chi connectivity index (χ3n) is 4.49. The van der Waals surface area contributed by atoms with Gasteiger partial charge in [-0.1, -0.05) is 53.7 Å². The number of aliphatic imine (C=N–C) groups is 1. The number of nitrogens with zero attached hydrogens (tertiary/aromatic N) is 1. The first kappa shape index (κ1) is 20.0. The number of hydrogen-bond donors (Lipinski definition) is 1. The van der Waals surface area contributed by atoms with Crippen molar-refractivity contribution in [1.82, 2.24) is 0 Å². The number of aromatic hydroxyl groups is 1. The zero-order chi connectivity index (χ0) is 19.7. The topological polar surface area (TPSA) is 41.8 Å². The van der Waals surface area contributed by atoms with Gasteiger partial charge in [-0.25, -0.2) is 0 Å². The van der Waals surface area contributed by atoms with Crippen LogP contribution in [0.4, 0.5) is 5.69 Å². The molecule has 0 atom stereocenters. The molecule has 0 fully saturated rings. The highest BCUT2D eigenvalue weighted by atomic mass is 16.5. The maximum absolute atomic E-state index is 10.9. The molecule has 3 heteroatoms. The van der Waals surface area contributed by atoms with E-state index < -0.39 is 0 Å². The van der Waals surface area contributed by atoms with Gasteiger partial charge in [0.15, 0.2) is 0 Å².